The van der Waals surface area contributed by atoms with Gasteiger partial charge in [0.2, 0.25) is 0 Å². The molecular formula is C68H114NO8+. The average molecular weight is 1070 g/mol. The number of quaternary nitrogens is 1. The number of aliphatic carboxylic acids is 1. The Morgan fingerprint density at radius 3 is 1.08 bits per heavy atom. The number of rotatable bonds is 55. The number of esters is 2. The summed E-state index contributed by atoms with van der Waals surface area (Å²) < 4.78 is 22.8. The van der Waals surface area contributed by atoms with E-state index in [1.54, 1.807) is 0 Å². The summed E-state index contributed by atoms with van der Waals surface area (Å²) in [5.41, 5.74) is 0. The molecule has 9 nitrogen and oxygen atoms in total. The first-order chi connectivity index (χ1) is 37.6. The van der Waals surface area contributed by atoms with Gasteiger partial charge in [-0.1, -0.05) is 245 Å². The monoisotopic (exact) mass is 1070 g/mol. The molecule has 0 aromatic heterocycles. The molecule has 0 bridgehead atoms. The van der Waals surface area contributed by atoms with Gasteiger partial charge in [0, 0.05) is 12.8 Å². The van der Waals surface area contributed by atoms with E-state index in [0.717, 1.165) is 89.9 Å². The molecule has 9 heteroatoms. The first-order valence-electron chi connectivity index (χ1n) is 30.7. The highest BCUT2D eigenvalue weighted by Gasteiger charge is 2.25. The number of allylic oxidation sites excluding steroid dienone is 20. The Morgan fingerprint density at radius 1 is 0.390 bits per heavy atom. The van der Waals surface area contributed by atoms with Gasteiger partial charge in [-0.15, -0.1) is 0 Å². The maximum absolute atomic E-state index is 12.9. The molecule has 0 amide bonds. The van der Waals surface area contributed by atoms with Gasteiger partial charge in [-0.2, -0.15) is 0 Å². The highest BCUT2D eigenvalue weighted by atomic mass is 16.7. The second-order valence-corrected chi connectivity index (χ2v) is 21.2. The number of carbonyl (C=O) groups excluding carboxylic acids is 2. The van der Waals surface area contributed by atoms with Crippen molar-refractivity contribution < 1.29 is 42.9 Å². The first-order valence-corrected chi connectivity index (χ1v) is 30.7. The number of carboxylic acids is 1. The smallest absolute Gasteiger partial charge is 0.361 e. The third-order valence-electron chi connectivity index (χ3n) is 12.7. The lowest BCUT2D eigenvalue weighted by Gasteiger charge is -2.25. The van der Waals surface area contributed by atoms with Gasteiger partial charge in [0.1, 0.15) is 13.2 Å². The SMILES string of the molecule is CC/C=C\C/C=C\C/C=C\C/C=C\C/C=C\CCCCCCCCCCCCCCCCCCCCCC(=O)OC(COC(=O)CCC/C=C\C/C=C\C/C=C\C/C=C\C/C=C\CC)COC(OCC[N+](C)(C)C)C(=O)O. The predicted octanol–water partition coefficient (Wildman–Crippen LogP) is 18.5. The van der Waals surface area contributed by atoms with Gasteiger partial charge in [-0.05, 0) is 96.3 Å². The summed E-state index contributed by atoms with van der Waals surface area (Å²) in [6.07, 6.45) is 78.8. The lowest BCUT2D eigenvalue weighted by atomic mass is 10.0. The first kappa shape index (κ1) is 72.7. The normalized spacial score (nSPS) is 13.6. The van der Waals surface area contributed by atoms with Crippen LogP contribution in [-0.2, 0) is 33.3 Å². The highest BCUT2D eigenvalue weighted by Crippen LogP contribution is 2.16. The number of hydrogen-bond acceptors (Lipinski definition) is 7. The molecular weight excluding hydrogens is 959 g/mol. The standard InChI is InChI=1S/C68H113NO8/c1-6-8-10-12-14-16-18-20-22-24-25-26-27-28-29-30-31-32-33-34-35-36-37-38-39-40-41-43-45-47-49-51-53-55-57-59-66(71)77-64(63-76-68(67(72)73)74-61-60-69(3,4)5)62-75-65(70)58-56-54-52-50-48-46-44-42-23-21-19-17-15-13-11-9-7-2/h8-11,14-17,20-23,25-26,28-29,44,46,50,52,64,68H,6-7,12-13,18-19,24,27,30-43,45,47-49,51,53-63H2,1-5H3/p+1/b10-8-,11-9-,16-14-,17-15-,22-20-,23-21-,26-25-,29-28-,46-44-,52-50-. The molecule has 77 heavy (non-hydrogen) atoms. The molecule has 0 aromatic rings. The van der Waals surface area contributed by atoms with Crippen LogP contribution in [-0.4, -0.2) is 87.4 Å². The van der Waals surface area contributed by atoms with Crippen LogP contribution in [0, 0.1) is 0 Å². The average Bonchev–Trinajstić information content (AvgIpc) is 3.40. The minimum absolute atomic E-state index is 0.174. The Bertz CT molecular complexity index is 1670. The van der Waals surface area contributed by atoms with Crippen molar-refractivity contribution in [2.75, 3.05) is 47.5 Å². The van der Waals surface area contributed by atoms with Crippen molar-refractivity contribution in [3.05, 3.63) is 122 Å². The van der Waals surface area contributed by atoms with Crippen LogP contribution in [0.15, 0.2) is 122 Å². The van der Waals surface area contributed by atoms with E-state index in [1.165, 1.54) is 103 Å². The molecule has 0 aromatic carbocycles. The van der Waals surface area contributed by atoms with E-state index in [2.05, 4.69) is 135 Å². The van der Waals surface area contributed by atoms with Crippen molar-refractivity contribution in [2.45, 2.75) is 245 Å². The van der Waals surface area contributed by atoms with Gasteiger partial charge in [0.15, 0.2) is 6.10 Å². The fraction of sp³-hybridized carbons (Fsp3) is 0.662. The van der Waals surface area contributed by atoms with Crippen molar-refractivity contribution in [2.24, 2.45) is 0 Å². The quantitative estimate of drug-likeness (QED) is 0.0211. The van der Waals surface area contributed by atoms with Crippen LogP contribution in [0.2, 0.25) is 0 Å². The molecule has 0 saturated carbocycles. The number of hydrogen-bond donors (Lipinski definition) is 1. The number of unbranched alkanes of at least 4 members (excludes halogenated alkanes) is 20. The molecule has 0 saturated heterocycles. The van der Waals surface area contributed by atoms with Crippen LogP contribution >= 0.6 is 0 Å². The Kier molecular flexibility index (Phi) is 54.6. The van der Waals surface area contributed by atoms with Crippen LogP contribution in [0.5, 0.6) is 0 Å². The molecule has 2 atom stereocenters. The number of nitrogens with zero attached hydrogens (tertiary/aromatic N) is 1. The summed E-state index contributed by atoms with van der Waals surface area (Å²) >= 11 is 0. The summed E-state index contributed by atoms with van der Waals surface area (Å²) in [5.74, 6) is -2.09. The summed E-state index contributed by atoms with van der Waals surface area (Å²) in [6, 6.07) is 0. The van der Waals surface area contributed by atoms with E-state index < -0.39 is 30.3 Å². The lowest BCUT2D eigenvalue weighted by Crippen LogP contribution is -2.40. The number of likely N-dealkylation sites (N-methyl/N-ethyl adjacent to an activating group) is 1. The summed E-state index contributed by atoms with van der Waals surface area (Å²) in [7, 11) is 5.95. The van der Waals surface area contributed by atoms with E-state index in [4.69, 9.17) is 18.9 Å². The van der Waals surface area contributed by atoms with Gasteiger partial charge in [0.05, 0.1) is 34.4 Å². The van der Waals surface area contributed by atoms with E-state index in [-0.39, 0.29) is 32.7 Å². The molecule has 2 unspecified atom stereocenters. The topological polar surface area (TPSA) is 108 Å². The zero-order valence-electron chi connectivity index (χ0n) is 49.8. The maximum atomic E-state index is 12.9. The Balaban J connectivity index is 4.15. The molecule has 0 rings (SSSR count). The number of ether oxygens (including phenoxy) is 4. The van der Waals surface area contributed by atoms with E-state index in [0.29, 0.717) is 23.9 Å². The minimum atomic E-state index is -1.53. The Morgan fingerprint density at radius 2 is 0.714 bits per heavy atom. The van der Waals surface area contributed by atoms with Crippen LogP contribution in [0.1, 0.15) is 232 Å². The predicted molar refractivity (Wildman–Crippen MR) is 327 cm³/mol. The highest BCUT2D eigenvalue weighted by molar-refractivity contribution is 5.71. The Hall–Kier alpha value is -4.31. The molecule has 0 spiro atoms. The molecule has 0 aliphatic rings. The van der Waals surface area contributed by atoms with Gasteiger partial charge in [-0.3, -0.25) is 9.59 Å². The lowest BCUT2D eigenvalue weighted by molar-refractivity contribution is -0.870. The second-order valence-electron chi connectivity index (χ2n) is 21.2. The van der Waals surface area contributed by atoms with Gasteiger partial charge in [0.25, 0.3) is 6.29 Å². The number of carbonyl (C=O) groups is 3. The van der Waals surface area contributed by atoms with Crippen molar-refractivity contribution in [3.63, 3.8) is 0 Å². The van der Waals surface area contributed by atoms with E-state index in [1.807, 2.05) is 21.1 Å². The molecule has 0 radical (unpaired) electrons. The van der Waals surface area contributed by atoms with Gasteiger partial charge < -0.3 is 28.5 Å². The van der Waals surface area contributed by atoms with Crippen molar-refractivity contribution in [1.82, 2.24) is 0 Å². The van der Waals surface area contributed by atoms with Crippen LogP contribution < -0.4 is 0 Å². The summed E-state index contributed by atoms with van der Waals surface area (Å²) in [6.45, 7) is 4.58. The zero-order chi connectivity index (χ0) is 56.2. The molecule has 1 N–H and O–H groups in total. The van der Waals surface area contributed by atoms with Crippen molar-refractivity contribution in [3.8, 4) is 0 Å². The summed E-state index contributed by atoms with van der Waals surface area (Å²) in [5, 5.41) is 9.70. The molecule has 0 aliphatic carbocycles. The fourth-order valence-electron chi connectivity index (χ4n) is 8.08. The maximum Gasteiger partial charge on any atom is 0.361 e. The second kappa shape index (κ2) is 57.9. The number of carboxylic acid groups (broad SMARTS) is 1. The summed E-state index contributed by atoms with van der Waals surface area (Å²) in [4.78, 5) is 37.4. The van der Waals surface area contributed by atoms with Gasteiger partial charge in [-0.25, -0.2) is 4.79 Å². The minimum Gasteiger partial charge on any atom is -0.477 e. The van der Waals surface area contributed by atoms with E-state index >= 15 is 0 Å². The fourth-order valence-corrected chi connectivity index (χ4v) is 8.08. The van der Waals surface area contributed by atoms with Crippen LogP contribution in [0.4, 0.5) is 0 Å². The Labute approximate surface area is 472 Å². The molecule has 0 aliphatic heterocycles. The third-order valence-corrected chi connectivity index (χ3v) is 12.7. The zero-order valence-corrected chi connectivity index (χ0v) is 49.8. The van der Waals surface area contributed by atoms with Gasteiger partial charge >= 0.3 is 17.9 Å². The third kappa shape index (κ3) is 59.2. The molecule has 0 heterocycles. The largest absolute Gasteiger partial charge is 0.477 e. The van der Waals surface area contributed by atoms with Crippen molar-refractivity contribution >= 4 is 17.9 Å². The van der Waals surface area contributed by atoms with E-state index in [9.17, 15) is 19.5 Å². The van der Waals surface area contributed by atoms with Crippen LogP contribution in [0.3, 0.4) is 0 Å². The van der Waals surface area contributed by atoms with Crippen molar-refractivity contribution in [1.29, 1.82) is 0 Å². The molecule has 438 valence electrons. The molecule has 0 fully saturated rings. The van der Waals surface area contributed by atoms with Crippen LogP contribution in [0.25, 0.3) is 0 Å².